The Balaban J connectivity index is 2.17. The normalized spacial score (nSPS) is 16.8. The Morgan fingerprint density at radius 3 is 2.71 bits per heavy atom. The van der Waals surface area contributed by atoms with Crippen molar-refractivity contribution in [3.05, 3.63) is 16.9 Å². The van der Waals surface area contributed by atoms with E-state index >= 15 is 0 Å². The molecule has 1 aliphatic rings. The maximum Gasteiger partial charge on any atom is 0.271 e. The summed E-state index contributed by atoms with van der Waals surface area (Å²) in [6.07, 6.45) is 5.87. The third-order valence-corrected chi connectivity index (χ3v) is 3.15. The number of carbonyl (C=O) groups excluding carboxylic acids is 1. The summed E-state index contributed by atoms with van der Waals surface area (Å²) >= 11 is 5.77. The summed E-state index contributed by atoms with van der Waals surface area (Å²) in [4.78, 5) is 11.2. The molecule has 0 spiro atoms. The fraction of sp³-hybridized carbons (Fsp3) is 0.545. The molecule has 6 heteroatoms. The zero-order valence-corrected chi connectivity index (χ0v) is 10.2. The van der Waals surface area contributed by atoms with E-state index in [1.165, 1.54) is 19.3 Å². The zero-order chi connectivity index (χ0) is 12.3. The summed E-state index contributed by atoms with van der Waals surface area (Å²) in [5, 5.41) is 10.9. The maximum absolute atomic E-state index is 11.2. The maximum atomic E-state index is 11.2. The molecule has 2 rings (SSSR count). The third kappa shape index (κ3) is 3.06. The van der Waals surface area contributed by atoms with Gasteiger partial charge in [-0.2, -0.15) is 0 Å². The monoisotopic (exact) mass is 254 g/mol. The van der Waals surface area contributed by atoms with Gasteiger partial charge >= 0.3 is 0 Å². The van der Waals surface area contributed by atoms with E-state index in [-0.39, 0.29) is 10.8 Å². The van der Waals surface area contributed by atoms with E-state index in [1.807, 2.05) is 0 Å². The second-order valence-electron chi connectivity index (χ2n) is 4.27. The number of aromatic nitrogens is 2. The van der Waals surface area contributed by atoms with E-state index in [1.54, 1.807) is 6.07 Å². The number of hydrogen-bond acceptors (Lipinski definition) is 4. The number of anilines is 1. The zero-order valence-electron chi connectivity index (χ0n) is 9.45. The van der Waals surface area contributed by atoms with Crippen LogP contribution in [-0.2, 0) is 0 Å². The lowest BCUT2D eigenvalue weighted by molar-refractivity contribution is 0.0995. The minimum Gasteiger partial charge on any atom is -0.380 e. The number of nitrogens with one attached hydrogen (secondary N) is 1. The van der Waals surface area contributed by atoms with E-state index in [0.29, 0.717) is 11.7 Å². The van der Waals surface area contributed by atoms with Crippen molar-refractivity contribution in [2.45, 2.75) is 38.1 Å². The van der Waals surface area contributed by atoms with Crippen LogP contribution in [0.5, 0.6) is 0 Å². The van der Waals surface area contributed by atoms with Gasteiger partial charge in [-0.25, -0.2) is 0 Å². The van der Waals surface area contributed by atoms with Crippen LogP contribution in [0.4, 0.5) is 5.69 Å². The number of primary amides is 1. The summed E-state index contributed by atoms with van der Waals surface area (Å²) in [6, 6.07) is 1.96. The van der Waals surface area contributed by atoms with Gasteiger partial charge in [0.15, 0.2) is 10.8 Å². The Hall–Kier alpha value is -1.36. The minimum absolute atomic E-state index is 0.153. The lowest BCUT2D eigenvalue weighted by atomic mass is 9.95. The molecule has 3 N–H and O–H groups in total. The first-order chi connectivity index (χ1) is 8.16. The van der Waals surface area contributed by atoms with Gasteiger partial charge in [-0.05, 0) is 12.8 Å². The second kappa shape index (κ2) is 5.31. The Labute approximate surface area is 105 Å². The molecule has 0 radical (unpaired) electrons. The molecule has 1 aromatic heterocycles. The Morgan fingerprint density at radius 1 is 1.35 bits per heavy atom. The van der Waals surface area contributed by atoms with Crippen LogP contribution in [0, 0.1) is 0 Å². The van der Waals surface area contributed by atoms with Crippen molar-refractivity contribution in [1.82, 2.24) is 10.2 Å². The van der Waals surface area contributed by atoms with Gasteiger partial charge < -0.3 is 11.1 Å². The van der Waals surface area contributed by atoms with Gasteiger partial charge in [0, 0.05) is 12.1 Å². The van der Waals surface area contributed by atoms with Crippen LogP contribution >= 0.6 is 11.6 Å². The Bertz CT molecular complexity index is 418. The van der Waals surface area contributed by atoms with Crippen LogP contribution < -0.4 is 11.1 Å². The van der Waals surface area contributed by atoms with E-state index in [9.17, 15) is 4.79 Å². The molecule has 0 aromatic carbocycles. The Kier molecular flexibility index (Phi) is 3.78. The highest BCUT2D eigenvalue weighted by molar-refractivity contribution is 6.29. The lowest BCUT2D eigenvalue weighted by Crippen LogP contribution is -2.25. The molecule has 0 unspecified atom stereocenters. The van der Waals surface area contributed by atoms with Gasteiger partial charge in [0.25, 0.3) is 5.91 Å². The first-order valence-corrected chi connectivity index (χ1v) is 6.14. The molecule has 1 fully saturated rings. The molecule has 92 valence electrons. The number of hydrogen-bond donors (Lipinski definition) is 2. The van der Waals surface area contributed by atoms with Crippen molar-refractivity contribution in [2.24, 2.45) is 5.73 Å². The molecule has 0 atom stereocenters. The standard InChI is InChI=1S/C11H15ClN4O/c12-9-6-8(10(11(13)17)16-15-9)14-7-4-2-1-3-5-7/h6-7H,1-5H2,(H2,13,17)(H,14,15). The summed E-state index contributed by atoms with van der Waals surface area (Å²) in [7, 11) is 0. The molecule has 0 saturated heterocycles. The highest BCUT2D eigenvalue weighted by Crippen LogP contribution is 2.24. The van der Waals surface area contributed by atoms with Crippen molar-refractivity contribution in [1.29, 1.82) is 0 Å². The van der Waals surface area contributed by atoms with Crippen molar-refractivity contribution in [3.8, 4) is 0 Å². The Morgan fingerprint density at radius 2 is 2.06 bits per heavy atom. The molecule has 0 bridgehead atoms. The van der Waals surface area contributed by atoms with Crippen LogP contribution in [0.1, 0.15) is 42.6 Å². The van der Waals surface area contributed by atoms with Gasteiger partial charge in [-0.3, -0.25) is 4.79 Å². The molecular formula is C11H15ClN4O. The van der Waals surface area contributed by atoms with Crippen molar-refractivity contribution < 1.29 is 4.79 Å². The molecule has 1 aromatic rings. The van der Waals surface area contributed by atoms with E-state index in [2.05, 4.69) is 15.5 Å². The van der Waals surface area contributed by atoms with Gasteiger partial charge in [0.1, 0.15) is 0 Å². The SMILES string of the molecule is NC(=O)c1nnc(Cl)cc1NC1CCCCC1. The number of halogens is 1. The number of nitrogens with zero attached hydrogens (tertiary/aromatic N) is 2. The van der Waals surface area contributed by atoms with Gasteiger partial charge in [-0.1, -0.05) is 30.9 Å². The third-order valence-electron chi connectivity index (χ3n) is 2.96. The molecule has 17 heavy (non-hydrogen) atoms. The van der Waals surface area contributed by atoms with Gasteiger partial charge in [0.2, 0.25) is 0 Å². The smallest absolute Gasteiger partial charge is 0.271 e. The summed E-state index contributed by atoms with van der Waals surface area (Å²) in [5.74, 6) is -0.590. The fourth-order valence-electron chi connectivity index (χ4n) is 2.13. The molecule has 1 saturated carbocycles. The second-order valence-corrected chi connectivity index (χ2v) is 4.66. The van der Waals surface area contributed by atoms with Crippen LogP contribution in [-0.4, -0.2) is 22.1 Å². The molecule has 5 nitrogen and oxygen atoms in total. The minimum atomic E-state index is -0.590. The van der Waals surface area contributed by atoms with Crippen molar-refractivity contribution in [2.75, 3.05) is 5.32 Å². The van der Waals surface area contributed by atoms with E-state index < -0.39 is 5.91 Å². The van der Waals surface area contributed by atoms with Gasteiger partial charge in [0.05, 0.1) is 5.69 Å². The van der Waals surface area contributed by atoms with E-state index in [4.69, 9.17) is 17.3 Å². The van der Waals surface area contributed by atoms with Crippen LogP contribution in [0.15, 0.2) is 6.07 Å². The fourth-order valence-corrected chi connectivity index (χ4v) is 2.27. The topological polar surface area (TPSA) is 80.9 Å². The molecular weight excluding hydrogens is 240 g/mol. The number of rotatable bonds is 3. The van der Waals surface area contributed by atoms with Gasteiger partial charge in [-0.15, -0.1) is 10.2 Å². The quantitative estimate of drug-likeness (QED) is 0.864. The van der Waals surface area contributed by atoms with Crippen LogP contribution in [0.2, 0.25) is 5.15 Å². The predicted molar refractivity (Wildman–Crippen MR) is 66.1 cm³/mol. The first-order valence-electron chi connectivity index (χ1n) is 5.76. The average Bonchev–Trinajstić information content (AvgIpc) is 2.30. The number of amides is 1. The largest absolute Gasteiger partial charge is 0.380 e. The predicted octanol–water partition coefficient (Wildman–Crippen LogP) is 1.97. The lowest BCUT2D eigenvalue weighted by Gasteiger charge is -2.24. The van der Waals surface area contributed by atoms with Crippen LogP contribution in [0.25, 0.3) is 0 Å². The molecule has 0 aliphatic heterocycles. The van der Waals surface area contributed by atoms with Crippen LogP contribution in [0.3, 0.4) is 0 Å². The molecule has 1 aliphatic carbocycles. The number of nitrogens with two attached hydrogens (primary N) is 1. The summed E-state index contributed by atoms with van der Waals surface area (Å²) < 4.78 is 0. The van der Waals surface area contributed by atoms with Crippen molar-refractivity contribution >= 4 is 23.2 Å². The summed E-state index contributed by atoms with van der Waals surface area (Å²) in [6.45, 7) is 0. The molecule has 1 heterocycles. The van der Waals surface area contributed by atoms with Crippen molar-refractivity contribution in [3.63, 3.8) is 0 Å². The first kappa shape index (κ1) is 12.1. The summed E-state index contributed by atoms with van der Waals surface area (Å²) in [5.41, 5.74) is 5.99. The molecule has 1 amide bonds. The highest BCUT2D eigenvalue weighted by atomic mass is 35.5. The average molecular weight is 255 g/mol. The number of carbonyl (C=O) groups is 1. The van der Waals surface area contributed by atoms with E-state index in [0.717, 1.165) is 12.8 Å². The highest BCUT2D eigenvalue weighted by Gasteiger charge is 2.17.